The second-order valence-corrected chi connectivity index (χ2v) is 7.60. The van der Waals surface area contributed by atoms with Crippen molar-refractivity contribution in [3.63, 3.8) is 0 Å². The Bertz CT molecular complexity index is 538. The number of piperidine rings is 1. The van der Waals surface area contributed by atoms with Crippen LogP contribution in [0.1, 0.15) is 19.8 Å². The monoisotopic (exact) mass is 350 g/mol. The van der Waals surface area contributed by atoms with Crippen LogP contribution in [0.15, 0.2) is 35.2 Å². The number of carboxylic acid groups (broad SMARTS) is 1. The van der Waals surface area contributed by atoms with E-state index in [4.69, 9.17) is 0 Å². The van der Waals surface area contributed by atoms with Crippen molar-refractivity contribution in [3.05, 3.63) is 30.3 Å². The summed E-state index contributed by atoms with van der Waals surface area (Å²) in [5.74, 6) is 0.146. The minimum Gasteiger partial charge on any atom is -0.481 e. The van der Waals surface area contributed by atoms with Crippen molar-refractivity contribution < 1.29 is 14.7 Å². The average Bonchev–Trinajstić information content (AvgIpc) is 2.55. The first-order valence-electron chi connectivity index (χ1n) is 8.44. The molecule has 0 aliphatic carbocycles. The number of likely N-dealkylation sites (tertiary alicyclic amines) is 1. The van der Waals surface area contributed by atoms with Gasteiger partial charge in [0, 0.05) is 24.5 Å². The number of nitrogens with one attached hydrogen (secondary N) is 1. The highest BCUT2D eigenvalue weighted by atomic mass is 32.2. The molecule has 2 atom stereocenters. The molecule has 6 heteroatoms. The van der Waals surface area contributed by atoms with Crippen LogP contribution < -0.4 is 5.32 Å². The fourth-order valence-corrected chi connectivity index (χ4v) is 3.91. The molecule has 2 N–H and O–H groups in total. The zero-order valence-corrected chi connectivity index (χ0v) is 14.9. The largest absolute Gasteiger partial charge is 0.481 e. The quantitative estimate of drug-likeness (QED) is 0.556. The number of carbonyl (C=O) groups excluding carboxylic acids is 1. The number of benzene rings is 1. The maximum atomic E-state index is 12.0. The van der Waals surface area contributed by atoms with Crippen molar-refractivity contribution in [2.45, 2.75) is 24.7 Å². The molecule has 0 bridgehead atoms. The molecule has 5 nitrogen and oxygen atoms in total. The Hall–Kier alpha value is -1.53. The van der Waals surface area contributed by atoms with Crippen molar-refractivity contribution in [3.8, 4) is 0 Å². The Balaban J connectivity index is 1.61. The first kappa shape index (κ1) is 18.8. The standard InChI is InChI=1S/C18H26N2O3S/c1-14-10-15(18(22)23)12-20(11-14)13-17(21)19-8-5-9-24-16-6-3-2-4-7-16/h2-4,6-7,14-15H,5,8-13H2,1H3,(H,19,21)(H,22,23). The second kappa shape index (κ2) is 9.69. The summed E-state index contributed by atoms with van der Waals surface area (Å²) in [6, 6.07) is 10.2. The topological polar surface area (TPSA) is 69.6 Å². The van der Waals surface area contributed by atoms with E-state index in [1.54, 1.807) is 11.8 Å². The summed E-state index contributed by atoms with van der Waals surface area (Å²) < 4.78 is 0. The van der Waals surface area contributed by atoms with E-state index in [9.17, 15) is 14.7 Å². The summed E-state index contributed by atoms with van der Waals surface area (Å²) in [4.78, 5) is 26.4. The molecule has 1 aromatic rings. The Morgan fingerprint density at radius 1 is 1.29 bits per heavy atom. The van der Waals surface area contributed by atoms with Gasteiger partial charge >= 0.3 is 5.97 Å². The molecular weight excluding hydrogens is 324 g/mol. The molecule has 132 valence electrons. The van der Waals surface area contributed by atoms with Crippen molar-refractivity contribution in [1.29, 1.82) is 0 Å². The Labute approximate surface area is 147 Å². The van der Waals surface area contributed by atoms with Gasteiger partial charge in [-0.1, -0.05) is 25.1 Å². The predicted molar refractivity (Wildman–Crippen MR) is 96.1 cm³/mol. The van der Waals surface area contributed by atoms with Gasteiger partial charge in [0.1, 0.15) is 0 Å². The molecule has 2 unspecified atom stereocenters. The average molecular weight is 350 g/mol. The van der Waals surface area contributed by atoms with Gasteiger partial charge in [-0.25, -0.2) is 0 Å². The van der Waals surface area contributed by atoms with Gasteiger partial charge in [0.05, 0.1) is 12.5 Å². The normalized spacial score (nSPS) is 21.4. The van der Waals surface area contributed by atoms with E-state index in [0.29, 0.717) is 32.0 Å². The van der Waals surface area contributed by atoms with Crippen LogP contribution in [0, 0.1) is 11.8 Å². The molecule has 1 aliphatic rings. The lowest BCUT2D eigenvalue weighted by Gasteiger charge is -2.34. The lowest BCUT2D eigenvalue weighted by molar-refractivity contribution is -0.145. The minimum absolute atomic E-state index is 0.0158. The molecule has 0 radical (unpaired) electrons. The minimum atomic E-state index is -0.759. The first-order chi connectivity index (χ1) is 11.5. The molecule has 0 aromatic heterocycles. The number of hydrogen-bond acceptors (Lipinski definition) is 4. The molecule has 1 amide bonds. The summed E-state index contributed by atoms with van der Waals surface area (Å²) in [6.45, 7) is 4.25. The number of carboxylic acids is 1. The summed E-state index contributed by atoms with van der Waals surface area (Å²) in [7, 11) is 0. The number of aliphatic carboxylic acids is 1. The first-order valence-corrected chi connectivity index (χ1v) is 9.43. The maximum absolute atomic E-state index is 12.0. The molecule has 24 heavy (non-hydrogen) atoms. The third kappa shape index (κ3) is 6.53. The Morgan fingerprint density at radius 3 is 2.75 bits per heavy atom. The van der Waals surface area contributed by atoms with Gasteiger partial charge in [-0.2, -0.15) is 0 Å². The van der Waals surface area contributed by atoms with E-state index < -0.39 is 5.97 Å². The van der Waals surface area contributed by atoms with Gasteiger partial charge < -0.3 is 10.4 Å². The molecule has 1 heterocycles. The number of nitrogens with zero attached hydrogens (tertiary/aromatic N) is 1. The van der Waals surface area contributed by atoms with Crippen LogP contribution in [0.3, 0.4) is 0 Å². The predicted octanol–water partition coefficient (Wildman–Crippen LogP) is 2.33. The molecule has 0 spiro atoms. The van der Waals surface area contributed by atoms with E-state index in [1.165, 1.54) is 4.90 Å². The van der Waals surface area contributed by atoms with Crippen LogP contribution >= 0.6 is 11.8 Å². The summed E-state index contributed by atoms with van der Waals surface area (Å²) >= 11 is 1.78. The summed E-state index contributed by atoms with van der Waals surface area (Å²) in [5.41, 5.74) is 0. The molecule has 1 aliphatic heterocycles. The maximum Gasteiger partial charge on any atom is 0.307 e. The molecular formula is C18H26N2O3S. The highest BCUT2D eigenvalue weighted by Gasteiger charge is 2.30. The Kier molecular flexibility index (Phi) is 7.59. The van der Waals surface area contributed by atoms with Crippen LogP contribution in [-0.2, 0) is 9.59 Å². The van der Waals surface area contributed by atoms with E-state index >= 15 is 0 Å². The highest BCUT2D eigenvalue weighted by Crippen LogP contribution is 2.21. The van der Waals surface area contributed by atoms with Crippen LogP contribution in [0.25, 0.3) is 0 Å². The van der Waals surface area contributed by atoms with Crippen LogP contribution in [0.4, 0.5) is 0 Å². The van der Waals surface area contributed by atoms with Gasteiger partial charge in [0.2, 0.25) is 5.91 Å². The van der Waals surface area contributed by atoms with Crippen LogP contribution in [0.5, 0.6) is 0 Å². The smallest absolute Gasteiger partial charge is 0.307 e. The van der Waals surface area contributed by atoms with Crippen LogP contribution in [0.2, 0.25) is 0 Å². The highest BCUT2D eigenvalue weighted by molar-refractivity contribution is 7.99. The molecule has 1 saturated heterocycles. The van der Waals surface area contributed by atoms with Crippen LogP contribution in [-0.4, -0.2) is 53.8 Å². The third-order valence-electron chi connectivity index (χ3n) is 4.11. The SMILES string of the molecule is CC1CC(C(=O)O)CN(CC(=O)NCCCSc2ccccc2)C1. The lowest BCUT2D eigenvalue weighted by atomic mass is 9.90. The molecule has 1 aromatic carbocycles. The second-order valence-electron chi connectivity index (χ2n) is 6.44. The molecule has 1 fully saturated rings. The fraction of sp³-hybridized carbons (Fsp3) is 0.556. The number of amides is 1. The fourth-order valence-electron chi connectivity index (χ4n) is 3.04. The van der Waals surface area contributed by atoms with E-state index in [1.807, 2.05) is 30.0 Å². The summed E-state index contributed by atoms with van der Waals surface area (Å²) in [5, 5.41) is 12.1. The van der Waals surface area contributed by atoms with Gasteiger partial charge in [-0.3, -0.25) is 14.5 Å². The van der Waals surface area contributed by atoms with Gasteiger partial charge in [0.25, 0.3) is 0 Å². The Morgan fingerprint density at radius 2 is 2.04 bits per heavy atom. The van der Waals surface area contributed by atoms with E-state index in [-0.39, 0.29) is 11.8 Å². The summed E-state index contributed by atoms with van der Waals surface area (Å²) in [6.07, 6.45) is 1.61. The number of hydrogen-bond donors (Lipinski definition) is 2. The number of thioether (sulfide) groups is 1. The van der Waals surface area contributed by atoms with E-state index in [0.717, 1.165) is 18.7 Å². The lowest BCUT2D eigenvalue weighted by Crippen LogP contribution is -2.46. The number of carbonyl (C=O) groups is 2. The van der Waals surface area contributed by atoms with Crippen molar-refractivity contribution in [1.82, 2.24) is 10.2 Å². The van der Waals surface area contributed by atoms with Crippen molar-refractivity contribution in [2.75, 3.05) is 31.9 Å². The van der Waals surface area contributed by atoms with E-state index in [2.05, 4.69) is 17.4 Å². The van der Waals surface area contributed by atoms with Gasteiger partial charge in [-0.05, 0) is 36.6 Å². The van der Waals surface area contributed by atoms with Gasteiger partial charge in [0.15, 0.2) is 0 Å². The zero-order valence-electron chi connectivity index (χ0n) is 14.1. The van der Waals surface area contributed by atoms with Gasteiger partial charge in [-0.15, -0.1) is 11.8 Å². The van der Waals surface area contributed by atoms with Crippen molar-refractivity contribution >= 4 is 23.6 Å². The third-order valence-corrected chi connectivity index (χ3v) is 5.21. The van der Waals surface area contributed by atoms with Crippen molar-refractivity contribution in [2.24, 2.45) is 11.8 Å². The zero-order chi connectivity index (χ0) is 17.4. The molecule has 0 saturated carbocycles. The number of rotatable bonds is 8. The molecule has 2 rings (SSSR count).